The van der Waals surface area contributed by atoms with Crippen LogP contribution < -0.4 is 10.5 Å². The molecule has 1 aromatic carbocycles. The SMILES string of the molecule is CCCOc1cc(N)cc(SCC(C)C)c1. The van der Waals surface area contributed by atoms with Gasteiger partial charge in [0, 0.05) is 22.4 Å². The lowest BCUT2D eigenvalue weighted by Gasteiger charge is -2.09. The van der Waals surface area contributed by atoms with Gasteiger partial charge in [0.1, 0.15) is 5.75 Å². The first-order chi connectivity index (χ1) is 7.61. The highest BCUT2D eigenvalue weighted by Gasteiger charge is 2.02. The summed E-state index contributed by atoms with van der Waals surface area (Å²) in [5.41, 5.74) is 6.62. The number of anilines is 1. The molecule has 0 aromatic heterocycles. The Balaban J connectivity index is 2.65. The van der Waals surface area contributed by atoms with Crippen molar-refractivity contribution in [3.05, 3.63) is 18.2 Å². The van der Waals surface area contributed by atoms with Crippen LogP contribution in [0.1, 0.15) is 27.2 Å². The molecule has 1 rings (SSSR count). The summed E-state index contributed by atoms with van der Waals surface area (Å²) >= 11 is 1.83. The molecule has 90 valence electrons. The second-order valence-electron chi connectivity index (χ2n) is 4.29. The van der Waals surface area contributed by atoms with E-state index in [0.29, 0.717) is 5.92 Å². The Bertz CT molecular complexity index is 326. The minimum Gasteiger partial charge on any atom is -0.493 e. The number of benzene rings is 1. The fourth-order valence-corrected chi connectivity index (χ4v) is 2.19. The molecule has 0 radical (unpaired) electrons. The summed E-state index contributed by atoms with van der Waals surface area (Å²) in [6.07, 6.45) is 1.02. The van der Waals surface area contributed by atoms with Gasteiger partial charge in [-0.1, -0.05) is 20.8 Å². The van der Waals surface area contributed by atoms with Gasteiger partial charge in [0.05, 0.1) is 6.61 Å². The Labute approximate surface area is 103 Å². The summed E-state index contributed by atoms with van der Waals surface area (Å²) in [5.74, 6) is 2.68. The van der Waals surface area contributed by atoms with E-state index < -0.39 is 0 Å². The second kappa shape index (κ2) is 6.69. The third-order valence-corrected chi connectivity index (χ3v) is 3.36. The van der Waals surface area contributed by atoms with Crippen molar-refractivity contribution in [3.8, 4) is 5.75 Å². The molecule has 1 aromatic rings. The highest BCUT2D eigenvalue weighted by atomic mass is 32.2. The minimum atomic E-state index is 0.687. The first kappa shape index (κ1) is 13.2. The lowest BCUT2D eigenvalue weighted by molar-refractivity contribution is 0.317. The average Bonchev–Trinajstić information content (AvgIpc) is 2.23. The van der Waals surface area contributed by atoms with Crippen molar-refractivity contribution < 1.29 is 4.74 Å². The van der Waals surface area contributed by atoms with Crippen LogP contribution in [0, 0.1) is 5.92 Å². The Hall–Kier alpha value is -0.830. The summed E-state index contributed by atoms with van der Waals surface area (Å²) in [7, 11) is 0. The molecule has 0 fully saturated rings. The van der Waals surface area contributed by atoms with Crippen LogP contribution in [0.4, 0.5) is 5.69 Å². The van der Waals surface area contributed by atoms with Crippen molar-refractivity contribution in [2.75, 3.05) is 18.1 Å². The zero-order valence-electron chi connectivity index (χ0n) is 10.3. The quantitative estimate of drug-likeness (QED) is 0.605. The molecule has 0 heterocycles. The Morgan fingerprint density at radius 2 is 2.06 bits per heavy atom. The maximum Gasteiger partial charge on any atom is 0.122 e. The zero-order valence-corrected chi connectivity index (χ0v) is 11.1. The van der Waals surface area contributed by atoms with Gasteiger partial charge in [0.2, 0.25) is 0 Å². The molecule has 2 N–H and O–H groups in total. The maximum atomic E-state index is 5.84. The maximum absolute atomic E-state index is 5.84. The predicted octanol–water partition coefficient (Wildman–Crippen LogP) is 3.81. The third kappa shape index (κ3) is 4.79. The van der Waals surface area contributed by atoms with Crippen LogP contribution in [0.5, 0.6) is 5.75 Å². The first-order valence-electron chi connectivity index (χ1n) is 5.78. The molecule has 0 bridgehead atoms. The molecule has 2 nitrogen and oxygen atoms in total. The van der Waals surface area contributed by atoms with Gasteiger partial charge in [-0.2, -0.15) is 0 Å². The van der Waals surface area contributed by atoms with E-state index in [0.717, 1.165) is 30.2 Å². The molecule has 16 heavy (non-hydrogen) atoms. The highest BCUT2D eigenvalue weighted by molar-refractivity contribution is 7.99. The van der Waals surface area contributed by atoms with Crippen LogP contribution in [0.25, 0.3) is 0 Å². The molecule has 0 saturated heterocycles. The van der Waals surface area contributed by atoms with Gasteiger partial charge >= 0.3 is 0 Å². The molecule has 0 atom stereocenters. The fraction of sp³-hybridized carbons (Fsp3) is 0.538. The highest BCUT2D eigenvalue weighted by Crippen LogP contribution is 2.28. The van der Waals surface area contributed by atoms with Crippen molar-refractivity contribution in [3.63, 3.8) is 0 Å². The Morgan fingerprint density at radius 1 is 1.31 bits per heavy atom. The van der Waals surface area contributed by atoms with Crippen LogP contribution in [-0.2, 0) is 0 Å². The van der Waals surface area contributed by atoms with Gasteiger partial charge in [-0.05, 0) is 24.5 Å². The van der Waals surface area contributed by atoms with Crippen molar-refractivity contribution in [2.45, 2.75) is 32.1 Å². The molecule has 0 aliphatic carbocycles. The van der Waals surface area contributed by atoms with Gasteiger partial charge in [-0.25, -0.2) is 0 Å². The smallest absolute Gasteiger partial charge is 0.122 e. The summed E-state index contributed by atoms with van der Waals surface area (Å²) in [6, 6.07) is 5.96. The van der Waals surface area contributed by atoms with Crippen molar-refractivity contribution >= 4 is 17.4 Å². The predicted molar refractivity (Wildman–Crippen MR) is 72.2 cm³/mol. The van der Waals surface area contributed by atoms with E-state index in [-0.39, 0.29) is 0 Å². The number of nitrogen functional groups attached to an aromatic ring is 1. The number of hydrogen-bond acceptors (Lipinski definition) is 3. The van der Waals surface area contributed by atoms with Crippen molar-refractivity contribution in [1.29, 1.82) is 0 Å². The monoisotopic (exact) mass is 239 g/mol. The fourth-order valence-electron chi connectivity index (χ4n) is 1.24. The molecule has 0 aliphatic rings. The molecule has 0 unspecified atom stereocenters. The van der Waals surface area contributed by atoms with E-state index in [1.165, 1.54) is 4.90 Å². The zero-order chi connectivity index (χ0) is 12.0. The van der Waals surface area contributed by atoms with E-state index in [1.807, 2.05) is 23.9 Å². The Kier molecular flexibility index (Phi) is 5.53. The number of rotatable bonds is 6. The number of thioether (sulfide) groups is 1. The van der Waals surface area contributed by atoms with Crippen LogP contribution in [0.2, 0.25) is 0 Å². The second-order valence-corrected chi connectivity index (χ2v) is 5.38. The van der Waals surface area contributed by atoms with Crippen LogP contribution >= 0.6 is 11.8 Å². The topological polar surface area (TPSA) is 35.2 Å². The average molecular weight is 239 g/mol. The number of ether oxygens (including phenoxy) is 1. The van der Waals surface area contributed by atoms with Gasteiger partial charge in [-0.15, -0.1) is 11.8 Å². The van der Waals surface area contributed by atoms with Crippen molar-refractivity contribution in [2.24, 2.45) is 5.92 Å². The number of nitrogens with two attached hydrogens (primary N) is 1. The van der Waals surface area contributed by atoms with Crippen molar-refractivity contribution in [1.82, 2.24) is 0 Å². The standard InChI is InChI=1S/C13H21NOS/c1-4-5-15-12-6-11(14)7-13(8-12)16-9-10(2)3/h6-8,10H,4-5,9,14H2,1-3H3. The summed E-state index contributed by atoms with van der Waals surface area (Å²) in [4.78, 5) is 1.19. The molecule has 0 spiro atoms. The van der Waals surface area contributed by atoms with Gasteiger partial charge < -0.3 is 10.5 Å². The van der Waals surface area contributed by atoms with Gasteiger partial charge in [0.15, 0.2) is 0 Å². The van der Waals surface area contributed by atoms with Crippen LogP contribution in [-0.4, -0.2) is 12.4 Å². The van der Waals surface area contributed by atoms with E-state index in [2.05, 4.69) is 26.8 Å². The summed E-state index contributed by atoms with van der Waals surface area (Å²) in [5, 5.41) is 0. The third-order valence-electron chi connectivity index (χ3n) is 1.96. The number of hydrogen-bond donors (Lipinski definition) is 1. The molecular formula is C13H21NOS. The Morgan fingerprint density at radius 3 is 2.69 bits per heavy atom. The van der Waals surface area contributed by atoms with Crippen LogP contribution in [0.15, 0.2) is 23.1 Å². The molecular weight excluding hydrogens is 218 g/mol. The van der Waals surface area contributed by atoms with Gasteiger partial charge in [-0.3, -0.25) is 0 Å². The normalized spacial score (nSPS) is 10.8. The molecule has 3 heteroatoms. The summed E-state index contributed by atoms with van der Waals surface area (Å²) in [6.45, 7) is 7.28. The lowest BCUT2D eigenvalue weighted by Crippen LogP contribution is -1.97. The van der Waals surface area contributed by atoms with E-state index in [9.17, 15) is 0 Å². The molecule has 0 aliphatic heterocycles. The molecule has 0 amide bonds. The minimum absolute atomic E-state index is 0.687. The van der Waals surface area contributed by atoms with E-state index in [1.54, 1.807) is 0 Å². The summed E-state index contributed by atoms with van der Waals surface area (Å²) < 4.78 is 5.59. The largest absolute Gasteiger partial charge is 0.493 e. The lowest BCUT2D eigenvalue weighted by atomic mass is 10.3. The van der Waals surface area contributed by atoms with Gasteiger partial charge in [0.25, 0.3) is 0 Å². The molecule has 0 saturated carbocycles. The van der Waals surface area contributed by atoms with E-state index in [4.69, 9.17) is 10.5 Å². The first-order valence-corrected chi connectivity index (χ1v) is 6.76. The van der Waals surface area contributed by atoms with E-state index >= 15 is 0 Å². The van der Waals surface area contributed by atoms with Crippen LogP contribution in [0.3, 0.4) is 0 Å².